The molecule has 5 saturated carbocycles. The number of halogens is 1. The van der Waals surface area contributed by atoms with Crippen molar-refractivity contribution in [3.63, 3.8) is 0 Å². The number of amides is 1. The van der Waals surface area contributed by atoms with Crippen molar-refractivity contribution in [2.24, 2.45) is 23.2 Å². The summed E-state index contributed by atoms with van der Waals surface area (Å²) < 4.78 is 10.9. The van der Waals surface area contributed by atoms with E-state index in [0.717, 1.165) is 30.4 Å². The molecule has 1 aromatic rings. The molecule has 27 heavy (non-hydrogen) atoms. The van der Waals surface area contributed by atoms with Gasteiger partial charge in [-0.05, 0) is 74.3 Å². The number of nitrogens with one attached hydrogen (secondary N) is 1. The highest BCUT2D eigenvalue weighted by Crippen LogP contribution is 2.64. The van der Waals surface area contributed by atoms with Gasteiger partial charge in [-0.1, -0.05) is 15.9 Å². The van der Waals surface area contributed by atoms with Crippen molar-refractivity contribution in [3.8, 4) is 0 Å². The van der Waals surface area contributed by atoms with Crippen LogP contribution in [0.2, 0.25) is 0 Å². The van der Waals surface area contributed by atoms with Crippen molar-refractivity contribution >= 4 is 27.8 Å². The number of hydrogen-bond acceptors (Lipinski definition) is 4. The fourth-order valence-electron chi connectivity index (χ4n) is 6.40. The Labute approximate surface area is 167 Å². The maximum absolute atomic E-state index is 12.3. The van der Waals surface area contributed by atoms with Crippen LogP contribution in [0.25, 0.3) is 0 Å². The average molecular weight is 436 g/mol. The first-order valence-electron chi connectivity index (χ1n) is 10.1. The summed E-state index contributed by atoms with van der Waals surface area (Å²) in [5.41, 5.74) is 0.230. The minimum absolute atomic E-state index is 0.109. The van der Waals surface area contributed by atoms with Crippen LogP contribution in [0.15, 0.2) is 22.8 Å². The fourth-order valence-corrected chi connectivity index (χ4v) is 7.91. The maximum atomic E-state index is 12.3. The SMILES string of the molecule is O=C(COC(=O)[C@H]1C[C@H]1c1ccco1)NCC12C[C@H]3C[C@@H](CC(Br)(C3)C1)C2. The molecule has 0 radical (unpaired) electrons. The smallest absolute Gasteiger partial charge is 0.310 e. The van der Waals surface area contributed by atoms with E-state index in [1.807, 2.05) is 12.1 Å². The molecule has 1 amide bonds. The molecular weight excluding hydrogens is 410 g/mol. The first kappa shape index (κ1) is 17.8. The van der Waals surface area contributed by atoms with Gasteiger partial charge in [-0.15, -0.1) is 0 Å². The van der Waals surface area contributed by atoms with E-state index >= 15 is 0 Å². The Bertz CT molecular complexity index is 731. The molecule has 0 spiro atoms. The lowest BCUT2D eigenvalue weighted by Crippen LogP contribution is -2.56. The molecule has 1 N–H and O–H groups in total. The summed E-state index contributed by atoms with van der Waals surface area (Å²) in [6.07, 6.45) is 9.90. The molecule has 0 aliphatic heterocycles. The number of ether oxygens (including phenoxy) is 1. The first-order valence-corrected chi connectivity index (χ1v) is 10.9. The second-order valence-electron chi connectivity index (χ2n) is 9.46. The molecule has 6 heteroatoms. The van der Waals surface area contributed by atoms with E-state index in [4.69, 9.17) is 9.15 Å². The molecule has 5 aliphatic carbocycles. The van der Waals surface area contributed by atoms with Crippen LogP contribution in [-0.2, 0) is 14.3 Å². The number of carbonyl (C=O) groups is 2. The molecular formula is C21H26BrNO4. The summed E-state index contributed by atoms with van der Waals surface area (Å²) in [6.45, 7) is 0.533. The van der Waals surface area contributed by atoms with Gasteiger partial charge < -0.3 is 14.5 Å². The summed E-state index contributed by atoms with van der Waals surface area (Å²) >= 11 is 4.00. The molecule has 4 atom stereocenters. The molecule has 5 nitrogen and oxygen atoms in total. The van der Waals surface area contributed by atoms with Gasteiger partial charge in [0.05, 0.1) is 12.2 Å². The molecule has 4 bridgehead atoms. The van der Waals surface area contributed by atoms with Crippen molar-refractivity contribution in [1.82, 2.24) is 5.32 Å². The molecule has 0 unspecified atom stereocenters. The zero-order valence-corrected chi connectivity index (χ0v) is 17.0. The van der Waals surface area contributed by atoms with Gasteiger partial charge in [0.2, 0.25) is 0 Å². The van der Waals surface area contributed by atoms with E-state index < -0.39 is 0 Å². The lowest BCUT2D eigenvalue weighted by molar-refractivity contribution is -0.150. The minimum atomic E-state index is -0.291. The monoisotopic (exact) mass is 435 g/mol. The van der Waals surface area contributed by atoms with Crippen molar-refractivity contribution in [3.05, 3.63) is 24.2 Å². The van der Waals surface area contributed by atoms with Gasteiger partial charge >= 0.3 is 5.97 Å². The zero-order chi connectivity index (χ0) is 18.6. The molecule has 0 saturated heterocycles. The van der Waals surface area contributed by atoms with Gasteiger partial charge in [-0.25, -0.2) is 0 Å². The van der Waals surface area contributed by atoms with Gasteiger partial charge in [0.1, 0.15) is 5.76 Å². The van der Waals surface area contributed by atoms with Crippen molar-refractivity contribution in [2.75, 3.05) is 13.2 Å². The normalized spacial score (nSPS) is 41.4. The highest BCUT2D eigenvalue weighted by Gasteiger charge is 2.56. The number of esters is 1. The van der Waals surface area contributed by atoms with Crippen LogP contribution in [0.1, 0.15) is 56.6 Å². The maximum Gasteiger partial charge on any atom is 0.310 e. The van der Waals surface area contributed by atoms with Gasteiger partial charge in [-0.2, -0.15) is 0 Å². The van der Waals surface area contributed by atoms with E-state index in [2.05, 4.69) is 21.2 Å². The highest BCUT2D eigenvalue weighted by molar-refractivity contribution is 9.10. The van der Waals surface area contributed by atoms with E-state index in [9.17, 15) is 9.59 Å². The van der Waals surface area contributed by atoms with Gasteiger partial charge in [0.25, 0.3) is 5.91 Å². The molecule has 1 heterocycles. The molecule has 1 aromatic heterocycles. The Balaban J connectivity index is 1.09. The number of alkyl halides is 1. The summed E-state index contributed by atoms with van der Waals surface area (Å²) in [5, 5.41) is 3.05. The Morgan fingerprint density at radius 2 is 2.00 bits per heavy atom. The number of rotatable bonds is 6. The van der Waals surface area contributed by atoms with Crippen LogP contribution in [0, 0.1) is 23.2 Å². The third-order valence-electron chi connectivity index (χ3n) is 7.12. The second kappa shape index (κ2) is 6.36. The zero-order valence-electron chi connectivity index (χ0n) is 15.4. The quantitative estimate of drug-likeness (QED) is 0.545. The van der Waals surface area contributed by atoms with E-state index in [-0.39, 0.29) is 35.7 Å². The van der Waals surface area contributed by atoms with Crippen LogP contribution >= 0.6 is 15.9 Å². The summed E-state index contributed by atoms with van der Waals surface area (Å²) in [5.74, 6) is 1.89. The van der Waals surface area contributed by atoms with Crippen molar-refractivity contribution < 1.29 is 18.7 Å². The van der Waals surface area contributed by atoms with Crippen LogP contribution < -0.4 is 5.32 Å². The predicted octanol–water partition coefficient (Wildman–Crippen LogP) is 3.78. The topological polar surface area (TPSA) is 68.5 Å². The van der Waals surface area contributed by atoms with Crippen molar-refractivity contribution in [2.45, 2.75) is 55.2 Å². The second-order valence-corrected chi connectivity index (χ2v) is 11.1. The largest absolute Gasteiger partial charge is 0.469 e. The average Bonchev–Trinajstić information content (AvgIpc) is 3.21. The molecule has 146 valence electrons. The third kappa shape index (κ3) is 3.45. The van der Waals surface area contributed by atoms with E-state index in [1.54, 1.807) is 6.26 Å². The molecule has 0 aromatic carbocycles. The lowest BCUT2D eigenvalue weighted by atomic mass is 9.49. The first-order chi connectivity index (χ1) is 12.9. The minimum Gasteiger partial charge on any atom is -0.469 e. The van der Waals surface area contributed by atoms with Crippen LogP contribution in [0.3, 0.4) is 0 Å². The Kier molecular flexibility index (Phi) is 4.19. The van der Waals surface area contributed by atoms with Gasteiger partial charge in [0, 0.05) is 16.8 Å². The molecule has 5 fully saturated rings. The van der Waals surface area contributed by atoms with Gasteiger partial charge in [-0.3, -0.25) is 9.59 Å². The van der Waals surface area contributed by atoms with Crippen LogP contribution in [0.5, 0.6) is 0 Å². The van der Waals surface area contributed by atoms with E-state index in [1.165, 1.54) is 32.1 Å². The fraction of sp³-hybridized carbons (Fsp3) is 0.714. The summed E-state index contributed by atoms with van der Waals surface area (Å²) in [6, 6.07) is 3.71. The summed E-state index contributed by atoms with van der Waals surface area (Å²) in [4.78, 5) is 24.4. The Morgan fingerprint density at radius 3 is 2.67 bits per heavy atom. The summed E-state index contributed by atoms with van der Waals surface area (Å²) in [7, 11) is 0. The lowest BCUT2D eigenvalue weighted by Gasteiger charge is -2.60. The molecule has 6 rings (SSSR count). The van der Waals surface area contributed by atoms with Crippen LogP contribution in [-0.4, -0.2) is 29.4 Å². The predicted molar refractivity (Wildman–Crippen MR) is 102 cm³/mol. The Hall–Kier alpha value is -1.30. The Morgan fingerprint density at radius 1 is 1.22 bits per heavy atom. The standard InChI is InChI=1S/C21H26BrNO4/c22-21-8-13-4-14(9-21)7-20(6-13,11-21)12-23-18(24)10-27-19(25)16-5-15(16)17-2-1-3-26-17/h1-3,13-16H,4-12H2,(H,23,24)/t13-,14-,15-,16+,20?,21?/m1/s1. The number of furan rings is 1. The highest BCUT2D eigenvalue weighted by atomic mass is 79.9. The number of carbonyl (C=O) groups excluding carboxylic acids is 2. The van der Waals surface area contributed by atoms with Crippen LogP contribution in [0.4, 0.5) is 0 Å². The third-order valence-corrected chi connectivity index (χ3v) is 8.05. The van der Waals surface area contributed by atoms with Crippen molar-refractivity contribution in [1.29, 1.82) is 0 Å². The van der Waals surface area contributed by atoms with E-state index in [0.29, 0.717) is 10.9 Å². The molecule has 5 aliphatic rings. The van der Waals surface area contributed by atoms with Gasteiger partial charge in [0.15, 0.2) is 6.61 Å². The number of hydrogen-bond donors (Lipinski definition) is 1.